The van der Waals surface area contributed by atoms with Crippen molar-refractivity contribution < 1.29 is 4.63 Å². The summed E-state index contributed by atoms with van der Waals surface area (Å²) in [6, 6.07) is 6.27. The molecular formula is C15H17N5O. The van der Waals surface area contributed by atoms with Gasteiger partial charge in [-0.2, -0.15) is 0 Å². The zero-order valence-corrected chi connectivity index (χ0v) is 12.1. The zero-order valence-electron chi connectivity index (χ0n) is 12.1. The minimum Gasteiger partial charge on any atom is -0.299 e. The number of nitrogens with zero attached hydrogens (tertiary/aromatic N) is 5. The smallest absolute Gasteiger partial charge is 0.139 e. The van der Waals surface area contributed by atoms with Crippen molar-refractivity contribution in [1.82, 2.24) is 25.2 Å². The van der Waals surface area contributed by atoms with Gasteiger partial charge in [0.1, 0.15) is 11.0 Å². The molecule has 0 fully saturated rings. The highest BCUT2D eigenvalue weighted by atomic mass is 16.6. The molecule has 0 N–H and O–H groups in total. The van der Waals surface area contributed by atoms with Crippen LogP contribution in [-0.4, -0.2) is 38.3 Å². The predicted octanol–water partition coefficient (Wildman–Crippen LogP) is 2.08. The Balaban J connectivity index is 1.71. The van der Waals surface area contributed by atoms with Gasteiger partial charge in [0, 0.05) is 37.6 Å². The van der Waals surface area contributed by atoms with Crippen LogP contribution in [0.5, 0.6) is 0 Å². The number of hydrogen-bond donors (Lipinski definition) is 0. The van der Waals surface area contributed by atoms with Crippen LogP contribution < -0.4 is 0 Å². The molecule has 3 aromatic rings. The highest BCUT2D eigenvalue weighted by Crippen LogP contribution is 2.17. The Labute approximate surface area is 122 Å². The van der Waals surface area contributed by atoms with Crippen LogP contribution in [0.4, 0.5) is 0 Å². The lowest BCUT2D eigenvalue weighted by Crippen LogP contribution is -2.30. The molecule has 1 aromatic carbocycles. The first-order chi connectivity index (χ1) is 10.2. The van der Waals surface area contributed by atoms with Gasteiger partial charge in [-0.15, -0.1) is 0 Å². The van der Waals surface area contributed by atoms with Crippen LogP contribution in [0.25, 0.3) is 11.0 Å². The Kier molecular flexibility index (Phi) is 3.87. The molecule has 1 unspecified atom stereocenters. The van der Waals surface area contributed by atoms with Crippen molar-refractivity contribution in [2.45, 2.75) is 25.9 Å². The second kappa shape index (κ2) is 5.97. The van der Waals surface area contributed by atoms with Gasteiger partial charge < -0.3 is 0 Å². The Morgan fingerprint density at radius 3 is 2.95 bits per heavy atom. The summed E-state index contributed by atoms with van der Waals surface area (Å²) in [5.74, 6) is 0. The second-order valence-corrected chi connectivity index (χ2v) is 5.21. The summed E-state index contributed by atoms with van der Waals surface area (Å²) in [5.41, 5.74) is 3.74. The summed E-state index contributed by atoms with van der Waals surface area (Å²) >= 11 is 0. The van der Waals surface area contributed by atoms with Gasteiger partial charge in [-0.25, -0.2) is 4.63 Å². The van der Waals surface area contributed by atoms with Gasteiger partial charge in [0.25, 0.3) is 0 Å². The van der Waals surface area contributed by atoms with Crippen molar-refractivity contribution in [3.8, 4) is 0 Å². The Morgan fingerprint density at radius 1 is 1.24 bits per heavy atom. The fraction of sp³-hybridized carbons (Fsp3) is 0.333. The van der Waals surface area contributed by atoms with E-state index in [-0.39, 0.29) is 0 Å². The number of hydrogen-bond acceptors (Lipinski definition) is 6. The van der Waals surface area contributed by atoms with Crippen molar-refractivity contribution in [3.63, 3.8) is 0 Å². The van der Waals surface area contributed by atoms with Crippen LogP contribution in [0.15, 0.2) is 41.4 Å². The first-order valence-corrected chi connectivity index (χ1v) is 6.89. The molecular weight excluding hydrogens is 266 g/mol. The molecule has 0 aliphatic heterocycles. The van der Waals surface area contributed by atoms with E-state index in [9.17, 15) is 0 Å². The topological polar surface area (TPSA) is 67.9 Å². The molecule has 1 atom stereocenters. The molecule has 6 heteroatoms. The van der Waals surface area contributed by atoms with Gasteiger partial charge in [0.2, 0.25) is 0 Å². The van der Waals surface area contributed by atoms with Crippen LogP contribution >= 0.6 is 0 Å². The maximum Gasteiger partial charge on any atom is 0.139 e. The maximum atomic E-state index is 4.81. The monoisotopic (exact) mass is 283 g/mol. The number of likely N-dealkylation sites (N-methyl/N-ethyl adjacent to an activating group) is 1. The number of benzene rings is 1. The normalized spacial score (nSPS) is 12.9. The standard InChI is InChI=1S/C15H17N5O/c1-11(8-13-9-16-6-7-17-13)20(2)10-12-4-3-5-14-15(12)19-21-18-14/h3-7,9,11H,8,10H2,1-2H3. The molecule has 0 bridgehead atoms. The van der Waals surface area contributed by atoms with Gasteiger partial charge in [-0.3, -0.25) is 14.9 Å². The van der Waals surface area contributed by atoms with E-state index in [2.05, 4.69) is 45.2 Å². The summed E-state index contributed by atoms with van der Waals surface area (Å²) in [7, 11) is 2.09. The van der Waals surface area contributed by atoms with E-state index < -0.39 is 0 Å². The van der Waals surface area contributed by atoms with Crippen molar-refractivity contribution >= 4 is 11.0 Å². The second-order valence-electron chi connectivity index (χ2n) is 5.21. The molecule has 108 valence electrons. The zero-order chi connectivity index (χ0) is 14.7. The molecule has 6 nitrogen and oxygen atoms in total. The lowest BCUT2D eigenvalue weighted by Gasteiger charge is -2.24. The van der Waals surface area contributed by atoms with Crippen molar-refractivity contribution in [2.24, 2.45) is 0 Å². The fourth-order valence-electron chi connectivity index (χ4n) is 2.31. The summed E-state index contributed by atoms with van der Waals surface area (Å²) in [5, 5.41) is 7.86. The van der Waals surface area contributed by atoms with E-state index in [0.717, 1.165) is 35.3 Å². The summed E-state index contributed by atoms with van der Waals surface area (Å²) in [6.07, 6.45) is 6.09. The van der Waals surface area contributed by atoms with Crippen LogP contribution in [0.2, 0.25) is 0 Å². The number of rotatable bonds is 5. The maximum absolute atomic E-state index is 4.81. The third-order valence-electron chi connectivity index (χ3n) is 3.66. The minimum atomic E-state index is 0.344. The molecule has 3 rings (SSSR count). The molecule has 0 amide bonds. The molecule has 0 saturated heterocycles. The van der Waals surface area contributed by atoms with E-state index in [0.29, 0.717) is 6.04 Å². The Bertz CT molecular complexity index is 712. The average Bonchev–Trinajstić information content (AvgIpc) is 2.98. The highest BCUT2D eigenvalue weighted by Gasteiger charge is 2.14. The van der Waals surface area contributed by atoms with E-state index in [1.807, 2.05) is 18.3 Å². The third-order valence-corrected chi connectivity index (χ3v) is 3.66. The minimum absolute atomic E-state index is 0.344. The summed E-state index contributed by atoms with van der Waals surface area (Å²) in [6.45, 7) is 2.96. The van der Waals surface area contributed by atoms with Crippen LogP contribution in [-0.2, 0) is 13.0 Å². The van der Waals surface area contributed by atoms with Gasteiger partial charge in [-0.05, 0) is 35.9 Å². The Hall–Kier alpha value is -2.34. The summed E-state index contributed by atoms with van der Waals surface area (Å²) < 4.78 is 4.81. The van der Waals surface area contributed by atoms with E-state index in [1.165, 1.54) is 0 Å². The van der Waals surface area contributed by atoms with Crippen LogP contribution in [0.3, 0.4) is 0 Å². The van der Waals surface area contributed by atoms with Crippen LogP contribution in [0, 0.1) is 0 Å². The lowest BCUT2D eigenvalue weighted by molar-refractivity contribution is 0.247. The van der Waals surface area contributed by atoms with Gasteiger partial charge in [0.15, 0.2) is 0 Å². The fourth-order valence-corrected chi connectivity index (χ4v) is 2.31. The number of aromatic nitrogens is 4. The SMILES string of the molecule is CC(Cc1cnccn1)N(C)Cc1cccc2nonc12. The first-order valence-electron chi connectivity index (χ1n) is 6.89. The van der Waals surface area contributed by atoms with Gasteiger partial charge >= 0.3 is 0 Å². The molecule has 2 heterocycles. The van der Waals surface area contributed by atoms with Crippen molar-refractivity contribution in [3.05, 3.63) is 48.0 Å². The van der Waals surface area contributed by atoms with Gasteiger partial charge in [-0.1, -0.05) is 12.1 Å². The quantitative estimate of drug-likeness (QED) is 0.714. The Morgan fingerprint density at radius 2 is 2.14 bits per heavy atom. The molecule has 0 radical (unpaired) electrons. The average molecular weight is 283 g/mol. The molecule has 0 aliphatic carbocycles. The number of fused-ring (bicyclic) bond motifs is 1. The van der Waals surface area contributed by atoms with E-state index in [4.69, 9.17) is 4.63 Å². The van der Waals surface area contributed by atoms with E-state index in [1.54, 1.807) is 12.4 Å². The van der Waals surface area contributed by atoms with E-state index >= 15 is 0 Å². The van der Waals surface area contributed by atoms with Crippen molar-refractivity contribution in [1.29, 1.82) is 0 Å². The molecule has 0 spiro atoms. The largest absolute Gasteiger partial charge is 0.299 e. The molecule has 0 saturated carbocycles. The summed E-state index contributed by atoms with van der Waals surface area (Å²) in [4.78, 5) is 10.7. The highest BCUT2D eigenvalue weighted by molar-refractivity contribution is 5.76. The van der Waals surface area contributed by atoms with Gasteiger partial charge in [0.05, 0.1) is 5.69 Å². The predicted molar refractivity (Wildman–Crippen MR) is 78.5 cm³/mol. The lowest BCUT2D eigenvalue weighted by atomic mass is 10.1. The van der Waals surface area contributed by atoms with Crippen LogP contribution in [0.1, 0.15) is 18.2 Å². The first kappa shape index (κ1) is 13.6. The molecule has 2 aromatic heterocycles. The third kappa shape index (κ3) is 3.05. The molecule has 21 heavy (non-hydrogen) atoms. The molecule has 0 aliphatic rings. The van der Waals surface area contributed by atoms with Crippen molar-refractivity contribution in [2.75, 3.05) is 7.05 Å².